The van der Waals surface area contributed by atoms with E-state index in [1.54, 1.807) is 19.1 Å². The van der Waals surface area contributed by atoms with E-state index < -0.39 is 21.7 Å². The van der Waals surface area contributed by atoms with E-state index in [0.29, 0.717) is 11.5 Å². The molecule has 1 aromatic carbocycles. The van der Waals surface area contributed by atoms with Gasteiger partial charge in [0.2, 0.25) is 10.0 Å². The summed E-state index contributed by atoms with van der Waals surface area (Å²) in [6.45, 7) is 1.70. The predicted octanol–water partition coefficient (Wildman–Crippen LogP) is -0.203. The second kappa shape index (κ2) is 5.25. The van der Waals surface area contributed by atoms with E-state index in [4.69, 9.17) is 5.11 Å². The number of benzene rings is 1. The van der Waals surface area contributed by atoms with Gasteiger partial charge in [0.05, 0.1) is 11.4 Å². The van der Waals surface area contributed by atoms with Crippen LogP contribution in [0.25, 0.3) is 5.69 Å². The number of carboxylic acids is 1. The van der Waals surface area contributed by atoms with Gasteiger partial charge in [-0.05, 0) is 35.5 Å². The largest absolute Gasteiger partial charge is 0.480 e. The highest BCUT2D eigenvalue weighted by molar-refractivity contribution is 7.93. The third kappa shape index (κ3) is 3.29. The molecule has 0 amide bonds. The van der Waals surface area contributed by atoms with Gasteiger partial charge in [-0.3, -0.25) is 9.52 Å². The molecule has 9 nitrogen and oxygen atoms in total. The number of rotatable bonds is 5. The number of aryl methyl sites for hydroxylation is 1. The fourth-order valence-electron chi connectivity index (χ4n) is 1.55. The Kier molecular flexibility index (Phi) is 3.66. The molecule has 0 aliphatic heterocycles. The average molecular weight is 297 g/mol. The highest BCUT2D eigenvalue weighted by Crippen LogP contribution is 2.15. The molecule has 1 heterocycles. The SMILES string of the molecule is Cc1nnnn1-c1cccc(NS(=O)(=O)CC(=O)O)c1. The zero-order valence-corrected chi connectivity index (χ0v) is 11.2. The molecular weight excluding hydrogens is 286 g/mol. The first kappa shape index (κ1) is 13.9. The maximum atomic E-state index is 11.5. The van der Waals surface area contributed by atoms with Crippen molar-refractivity contribution in [1.82, 2.24) is 20.2 Å². The molecule has 0 atom stereocenters. The van der Waals surface area contributed by atoms with Gasteiger partial charge in [-0.1, -0.05) is 6.07 Å². The number of aliphatic carboxylic acids is 1. The fraction of sp³-hybridized carbons (Fsp3) is 0.200. The van der Waals surface area contributed by atoms with Crippen molar-refractivity contribution in [3.63, 3.8) is 0 Å². The minimum absolute atomic E-state index is 0.235. The van der Waals surface area contributed by atoms with Gasteiger partial charge in [0.1, 0.15) is 0 Å². The fourth-order valence-corrected chi connectivity index (χ4v) is 2.43. The Morgan fingerprint density at radius 3 is 2.80 bits per heavy atom. The quantitative estimate of drug-likeness (QED) is 0.782. The van der Waals surface area contributed by atoms with Gasteiger partial charge in [-0.25, -0.2) is 8.42 Å². The van der Waals surface area contributed by atoms with Gasteiger partial charge in [0, 0.05) is 0 Å². The molecule has 0 fully saturated rings. The van der Waals surface area contributed by atoms with Gasteiger partial charge in [-0.2, -0.15) is 4.68 Å². The number of anilines is 1. The summed E-state index contributed by atoms with van der Waals surface area (Å²) in [7, 11) is -3.94. The standard InChI is InChI=1S/C10H11N5O4S/c1-7-11-13-14-15(7)9-4-2-3-8(5-9)12-20(18,19)6-10(16)17/h2-5,12H,6H2,1H3,(H,16,17). The second-order valence-corrected chi connectivity index (χ2v) is 5.67. The number of carboxylic acid groups (broad SMARTS) is 1. The molecule has 2 N–H and O–H groups in total. The molecule has 0 aliphatic rings. The van der Waals surface area contributed by atoms with Crippen LogP contribution >= 0.6 is 0 Å². The van der Waals surface area contributed by atoms with Crippen LogP contribution in [0.1, 0.15) is 5.82 Å². The van der Waals surface area contributed by atoms with Crippen molar-refractivity contribution >= 4 is 21.7 Å². The Morgan fingerprint density at radius 2 is 2.20 bits per heavy atom. The van der Waals surface area contributed by atoms with Gasteiger partial charge in [-0.15, -0.1) is 5.10 Å². The van der Waals surface area contributed by atoms with E-state index in [9.17, 15) is 13.2 Å². The van der Waals surface area contributed by atoms with Crippen molar-refractivity contribution < 1.29 is 18.3 Å². The minimum Gasteiger partial charge on any atom is -0.480 e. The highest BCUT2D eigenvalue weighted by atomic mass is 32.2. The summed E-state index contributed by atoms with van der Waals surface area (Å²) in [5, 5.41) is 19.5. The van der Waals surface area contributed by atoms with Crippen LogP contribution in [0, 0.1) is 6.92 Å². The molecule has 1 aromatic heterocycles. The summed E-state index contributed by atoms with van der Waals surface area (Å²) in [4.78, 5) is 10.5. The summed E-state index contributed by atoms with van der Waals surface area (Å²) < 4.78 is 26.7. The Morgan fingerprint density at radius 1 is 1.45 bits per heavy atom. The number of carbonyl (C=O) groups is 1. The summed E-state index contributed by atoms with van der Waals surface area (Å²) >= 11 is 0. The topological polar surface area (TPSA) is 127 Å². The first-order chi connectivity index (χ1) is 9.37. The van der Waals surface area contributed by atoms with E-state index in [0.717, 1.165) is 0 Å². The van der Waals surface area contributed by atoms with Gasteiger partial charge in [0.25, 0.3) is 0 Å². The molecule has 10 heteroatoms. The zero-order valence-electron chi connectivity index (χ0n) is 10.4. The predicted molar refractivity (Wildman–Crippen MR) is 68.9 cm³/mol. The molecule has 20 heavy (non-hydrogen) atoms. The third-order valence-electron chi connectivity index (χ3n) is 2.30. The molecule has 2 aromatic rings. The van der Waals surface area contributed by atoms with Crippen molar-refractivity contribution in [1.29, 1.82) is 0 Å². The molecule has 0 saturated heterocycles. The summed E-state index contributed by atoms with van der Waals surface area (Å²) in [5.41, 5.74) is 0.793. The van der Waals surface area contributed by atoms with Crippen molar-refractivity contribution in [3.05, 3.63) is 30.1 Å². The number of sulfonamides is 1. The Labute approximate surface area is 114 Å². The van der Waals surface area contributed by atoms with E-state index in [1.807, 2.05) is 0 Å². The third-order valence-corrected chi connectivity index (χ3v) is 3.48. The van der Waals surface area contributed by atoms with Crippen LogP contribution in [-0.2, 0) is 14.8 Å². The van der Waals surface area contributed by atoms with Crippen LogP contribution in [0.4, 0.5) is 5.69 Å². The molecule has 106 valence electrons. The smallest absolute Gasteiger partial charge is 0.320 e. The molecule has 0 radical (unpaired) electrons. The molecule has 0 unspecified atom stereocenters. The second-order valence-electron chi connectivity index (χ2n) is 3.94. The summed E-state index contributed by atoms with van der Waals surface area (Å²) in [5.74, 6) is -1.89. The lowest BCUT2D eigenvalue weighted by Gasteiger charge is -2.08. The maximum Gasteiger partial charge on any atom is 0.320 e. The number of nitrogens with zero attached hydrogens (tertiary/aromatic N) is 4. The van der Waals surface area contributed by atoms with Crippen LogP contribution in [0.2, 0.25) is 0 Å². The van der Waals surface area contributed by atoms with Crippen molar-refractivity contribution in [2.75, 3.05) is 10.5 Å². The zero-order chi connectivity index (χ0) is 14.8. The van der Waals surface area contributed by atoms with Gasteiger partial charge < -0.3 is 5.11 Å². The van der Waals surface area contributed by atoms with Crippen molar-refractivity contribution in [2.24, 2.45) is 0 Å². The monoisotopic (exact) mass is 297 g/mol. The molecule has 0 saturated carbocycles. The summed E-state index contributed by atoms with van der Waals surface area (Å²) in [6.07, 6.45) is 0. The lowest BCUT2D eigenvalue weighted by atomic mass is 10.3. The summed E-state index contributed by atoms with van der Waals surface area (Å²) in [6, 6.07) is 6.30. The first-order valence-electron chi connectivity index (χ1n) is 5.45. The number of hydrogen-bond acceptors (Lipinski definition) is 6. The van der Waals surface area contributed by atoms with Gasteiger partial charge >= 0.3 is 5.97 Å². The number of nitrogens with one attached hydrogen (secondary N) is 1. The first-order valence-corrected chi connectivity index (χ1v) is 7.10. The van der Waals surface area contributed by atoms with E-state index in [2.05, 4.69) is 20.2 Å². The van der Waals surface area contributed by atoms with E-state index in [-0.39, 0.29) is 5.69 Å². The van der Waals surface area contributed by atoms with Crippen LogP contribution in [0.5, 0.6) is 0 Å². The van der Waals surface area contributed by atoms with Crippen molar-refractivity contribution in [3.8, 4) is 5.69 Å². The van der Waals surface area contributed by atoms with Crippen LogP contribution in [0.3, 0.4) is 0 Å². The van der Waals surface area contributed by atoms with E-state index in [1.165, 1.54) is 16.8 Å². The molecule has 0 bridgehead atoms. The van der Waals surface area contributed by atoms with Crippen LogP contribution in [0.15, 0.2) is 24.3 Å². The Hall–Kier alpha value is -2.49. The lowest BCUT2D eigenvalue weighted by Crippen LogP contribution is -2.22. The minimum atomic E-state index is -3.94. The lowest BCUT2D eigenvalue weighted by molar-refractivity contribution is -0.134. The number of hydrogen-bond donors (Lipinski definition) is 2. The molecular formula is C10H11N5O4S. The Bertz CT molecular complexity index is 740. The Balaban J connectivity index is 2.27. The van der Waals surface area contributed by atoms with Crippen LogP contribution < -0.4 is 4.72 Å². The number of tetrazole rings is 1. The number of aromatic nitrogens is 4. The van der Waals surface area contributed by atoms with Crippen LogP contribution in [-0.4, -0.2) is 45.5 Å². The molecule has 0 aliphatic carbocycles. The van der Waals surface area contributed by atoms with Crippen molar-refractivity contribution in [2.45, 2.75) is 6.92 Å². The highest BCUT2D eigenvalue weighted by Gasteiger charge is 2.16. The normalized spacial score (nSPS) is 11.2. The molecule has 2 rings (SSSR count). The maximum absolute atomic E-state index is 11.5. The molecule has 0 spiro atoms. The van der Waals surface area contributed by atoms with E-state index >= 15 is 0 Å². The average Bonchev–Trinajstić information content (AvgIpc) is 2.73. The van der Waals surface area contributed by atoms with Gasteiger partial charge in [0.15, 0.2) is 11.6 Å².